The van der Waals surface area contributed by atoms with Gasteiger partial charge in [-0.3, -0.25) is 4.79 Å². The molecule has 6 heteroatoms. The molecule has 0 unspecified atom stereocenters. The number of halogens is 2. The van der Waals surface area contributed by atoms with Gasteiger partial charge in [0.05, 0.1) is 5.69 Å². The highest BCUT2D eigenvalue weighted by Gasteiger charge is 2.22. The average Bonchev–Trinajstić information content (AvgIpc) is 2.50. The number of benzene rings is 1. The molecule has 0 aliphatic heterocycles. The van der Waals surface area contributed by atoms with Gasteiger partial charge in [0, 0.05) is 27.3 Å². The minimum Gasteiger partial charge on any atom is -0.301 e. The Kier molecular flexibility index (Phi) is 5.87. The van der Waals surface area contributed by atoms with Gasteiger partial charge in [0.25, 0.3) is 5.56 Å². The third-order valence-corrected chi connectivity index (χ3v) is 5.38. The number of nitrogens with one attached hydrogen (secondary N) is 1. The van der Waals surface area contributed by atoms with Crippen LogP contribution in [0.5, 0.6) is 0 Å². The lowest BCUT2D eigenvalue weighted by Crippen LogP contribution is -2.19. The van der Waals surface area contributed by atoms with Crippen molar-refractivity contribution in [2.75, 3.05) is 0 Å². The molecule has 2 rings (SSSR count). The number of hydrogen-bond acceptors (Lipinski definition) is 3. The zero-order valence-electron chi connectivity index (χ0n) is 13.6. The molecule has 3 nitrogen and oxygen atoms in total. The Morgan fingerprint density at radius 3 is 2.70 bits per heavy atom. The van der Waals surface area contributed by atoms with Crippen molar-refractivity contribution >= 4 is 23.4 Å². The highest BCUT2D eigenvalue weighted by molar-refractivity contribution is 7.99. The molecule has 0 aliphatic rings. The van der Waals surface area contributed by atoms with E-state index in [1.54, 1.807) is 19.1 Å². The number of H-pyrrole nitrogens is 1. The molecule has 124 valence electrons. The number of rotatable bonds is 5. The van der Waals surface area contributed by atoms with Crippen LogP contribution < -0.4 is 5.56 Å². The van der Waals surface area contributed by atoms with E-state index in [1.165, 1.54) is 17.8 Å². The SMILES string of the molecule is CC[C@@H](C)Sc1nc([C@H](C)c2c(F)cccc2Cl)c(C)c(=O)[nH]1. The van der Waals surface area contributed by atoms with Crippen molar-refractivity contribution in [3.8, 4) is 0 Å². The molecular formula is C17H20ClFN2OS. The van der Waals surface area contributed by atoms with Crippen molar-refractivity contribution in [1.29, 1.82) is 0 Å². The van der Waals surface area contributed by atoms with Gasteiger partial charge in [-0.1, -0.05) is 50.2 Å². The first-order chi connectivity index (χ1) is 10.8. The lowest BCUT2D eigenvalue weighted by molar-refractivity contribution is 0.598. The number of nitrogens with zero attached hydrogens (tertiary/aromatic N) is 1. The predicted molar refractivity (Wildman–Crippen MR) is 94.1 cm³/mol. The first-order valence-corrected chi connectivity index (χ1v) is 8.82. The highest BCUT2D eigenvalue weighted by Crippen LogP contribution is 2.33. The van der Waals surface area contributed by atoms with Gasteiger partial charge in [-0.15, -0.1) is 0 Å². The van der Waals surface area contributed by atoms with Crippen LogP contribution in [0.3, 0.4) is 0 Å². The lowest BCUT2D eigenvalue weighted by Gasteiger charge is -2.17. The summed E-state index contributed by atoms with van der Waals surface area (Å²) < 4.78 is 14.2. The quantitative estimate of drug-likeness (QED) is 0.612. The predicted octanol–water partition coefficient (Wildman–Crippen LogP) is 4.91. The Labute approximate surface area is 144 Å². The van der Waals surface area contributed by atoms with Gasteiger partial charge in [-0.05, 0) is 25.5 Å². The second kappa shape index (κ2) is 7.49. The van der Waals surface area contributed by atoms with Gasteiger partial charge in [-0.25, -0.2) is 9.37 Å². The molecule has 0 bridgehead atoms. The fraction of sp³-hybridized carbons (Fsp3) is 0.412. The van der Waals surface area contributed by atoms with E-state index in [9.17, 15) is 9.18 Å². The van der Waals surface area contributed by atoms with Crippen LogP contribution in [-0.2, 0) is 0 Å². The molecule has 1 aromatic carbocycles. The molecule has 0 aliphatic carbocycles. The maximum Gasteiger partial charge on any atom is 0.254 e. The van der Waals surface area contributed by atoms with E-state index in [2.05, 4.69) is 23.8 Å². The Morgan fingerprint density at radius 1 is 1.39 bits per heavy atom. The molecule has 23 heavy (non-hydrogen) atoms. The summed E-state index contributed by atoms with van der Waals surface area (Å²) in [5.41, 5.74) is 1.23. The molecule has 1 N–H and O–H groups in total. The summed E-state index contributed by atoms with van der Waals surface area (Å²) in [4.78, 5) is 19.5. The second-order valence-electron chi connectivity index (χ2n) is 5.58. The zero-order valence-corrected chi connectivity index (χ0v) is 15.2. The second-order valence-corrected chi connectivity index (χ2v) is 7.41. The highest BCUT2D eigenvalue weighted by atomic mass is 35.5. The topological polar surface area (TPSA) is 45.8 Å². The van der Waals surface area contributed by atoms with Gasteiger partial charge in [0.2, 0.25) is 0 Å². The molecule has 2 atom stereocenters. The van der Waals surface area contributed by atoms with Crippen LogP contribution in [0, 0.1) is 12.7 Å². The third kappa shape index (κ3) is 3.96. The molecule has 0 saturated carbocycles. The minimum absolute atomic E-state index is 0.194. The number of aromatic nitrogens is 2. The fourth-order valence-electron chi connectivity index (χ4n) is 2.34. The summed E-state index contributed by atoms with van der Waals surface area (Å²) in [6, 6.07) is 4.58. The lowest BCUT2D eigenvalue weighted by atomic mass is 9.94. The van der Waals surface area contributed by atoms with E-state index >= 15 is 0 Å². The van der Waals surface area contributed by atoms with Crippen LogP contribution in [0.15, 0.2) is 28.2 Å². The molecule has 0 radical (unpaired) electrons. The van der Waals surface area contributed by atoms with Crippen LogP contribution in [0.4, 0.5) is 4.39 Å². The molecule has 0 fully saturated rings. The summed E-state index contributed by atoms with van der Waals surface area (Å²) in [6.45, 7) is 7.66. The van der Waals surface area contributed by atoms with Crippen LogP contribution >= 0.6 is 23.4 Å². The van der Waals surface area contributed by atoms with Crippen molar-refractivity contribution in [3.63, 3.8) is 0 Å². The van der Waals surface area contributed by atoms with E-state index in [4.69, 9.17) is 11.6 Å². The van der Waals surface area contributed by atoms with E-state index in [0.717, 1.165) is 6.42 Å². The van der Waals surface area contributed by atoms with Crippen LogP contribution in [0.1, 0.15) is 49.9 Å². The summed E-state index contributed by atoms with van der Waals surface area (Å²) in [5, 5.41) is 1.24. The first-order valence-electron chi connectivity index (χ1n) is 7.56. The molecule has 0 saturated heterocycles. The van der Waals surface area contributed by atoms with E-state index < -0.39 is 5.92 Å². The standard InChI is InChI=1S/C17H20ClFN2OS/c1-5-9(2)23-17-20-15(11(4)16(22)21-17)10(3)14-12(18)7-6-8-13(14)19/h6-10H,5H2,1-4H3,(H,20,21,22)/t9-,10-/m1/s1. The van der Waals surface area contributed by atoms with Crippen molar-refractivity contribution in [2.24, 2.45) is 0 Å². The van der Waals surface area contributed by atoms with Gasteiger partial charge in [-0.2, -0.15) is 0 Å². The Hall–Kier alpha value is -1.33. The molecular weight excluding hydrogens is 335 g/mol. The molecule has 0 spiro atoms. The summed E-state index contributed by atoms with van der Waals surface area (Å²) in [6.07, 6.45) is 0.965. The zero-order chi connectivity index (χ0) is 17.1. The van der Waals surface area contributed by atoms with Crippen LogP contribution in [0.25, 0.3) is 0 Å². The van der Waals surface area contributed by atoms with Gasteiger partial charge >= 0.3 is 0 Å². The van der Waals surface area contributed by atoms with Gasteiger partial charge < -0.3 is 4.98 Å². The number of hydrogen-bond donors (Lipinski definition) is 1. The smallest absolute Gasteiger partial charge is 0.254 e. The van der Waals surface area contributed by atoms with Crippen molar-refractivity contribution in [1.82, 2.24) is 9.97 Å². The van der Waals surface area contributed by atoms with E-state index in [1.807, 2.05) is 6.92 Å². The molecule has 0 amide bonds. The van der Waals surface area contributed by atoms with E-state index in [0.29, 0.717) is 32.2 Å². The maximum atomic E-state index is 14.2. The largest absolute Gasteiger partial charge is 0.301 e. The van der Waals surface area contributed by atoms with Crippen LogP contribution in [-0.4, -0.2) is 15.2 Å². The summed E-state index contributed by atoms with van der Waals surface area (Å²) in [7, 11) is 0. The molecule has 1 heterocycles. The Balaban J connectivity index is 2.51. The third-order valence-electron chi connectivity index (χ3n) is 3.90. The van der Waals surface area contributed by atoms with Gasteiger partial charge in [0.15, 0.2) is 5.16 Å². The summed E-state index contributed by atoms with van der Waals surface area (Å²) >= 11 is 7.66. The first kappa shape index (κ1) is 18.0. The number of thioether (sulfide) groups is 1. The van der Waals surface area contributed by atoms with Crippen LogP contribution in [0.2, 0.25) is 5.02 Å². The maximum absolute atomic E-state index is 14.2. The number of aromatic amines is 1. The fourth-order valence-corrected chi connectivity index (χ4v) is 3.52. The molecule has 2 aromatic rings. The summed E-state index contributed by atoms with van der Waals surface area (Å²) in [5.74, 6) is -0.787. The van der Waals surface area contributed by atoms with Crippen molar-refractivity contribution in [2.45, 2.75) is 50.4 Å². The van der Waals surface area contributed by atoms with E-state index in [-0.39, 0.29) is 11.4 Å². The van der Waals surface area contributed by atoms with Crippen molar-refractivity contribution in [3.05, 3.63) is 56.2 Å². The molecule has 1 aromatic heterocycles. The Bertz CT molecular complexity index is 742. The average molecular weight is 355 g/mol. The Morgan fingerprint density at radius 2 is 2.09 bits per heavy atom. The van der Waals surface area contributed by atoms with Gasteiger partial charge in [0.1, 0.15) is 5.82 Å². The van der Waals surface area contributed by atoms with Crippen molar-refractivity contribution < 1.29 is 4.39 Å². The normalized spacial score (nSPS) is 13.8. The minimum atomic E-state index is -0.401. The monoisotopic (exact) mass is 354 g/mol.